The molecule has 1 saturated heterocycles. The SMILES string of the molecule is CCNC(=NCc1cccc(COC2CCOCC2)c1)NCCC(C)C. The van der Waals surface area contributed by atoms with Crippen LogP contribution in [0.15, 0.2) is 29.3 Å². The minimum atomic E-state index is 0.330. The summed E-state index contributed by atoms with van der Waals surface area (Å²) in [5, 5.41) is 6.72. The maximum Gasteiger partial charge on any atom is 0.191 e. The van der Waals surface area contributed by atoms with Crippen LogP contribution >= 0.6 is 0 Å². The minimum Gasteiger partial charge on any atom is -0.381 e. The predicted molar refractivity (Wildman–Crippen MR) is 107 cm³/mol. The molecule has 0 aromatic heterocycles. The van der Waals surface area contributed by atoms with Gasteiger partial charge in [-0.1, -0.05) is 38.1 Å². The van der Waals surface area contributed by atoms with E-state index in [4.69, 9.17) is 14.5 Å². The molecule has 0 aliphatic carbocycles. The Labute approximate surface area is 158 Å². The van der Waals surface area contributed by atoms with Gasteiger partial charge in [-0.15, -0.1) is 0 Å². The first-order valence-electron chi connectivity index (χ1n) is 9.96. The number of benzene rings is 1. The van der Waals surface area contributed by atoms with E-state index in [1.807, 2.05) is 0 Å². The molecule has 1 aliphatic rings. The summed E-state index contributed by atoms with van der Waals surface area (Å²) in [6.07, 6.45) is 3.47. The van der Waals surface area contributed by atoms with Gasteiger partial charge in [-0.3, -0.25) is 0 Å². The standard InChI is InChI=1S/C21H35N3O2/c1-4-22-21(23-11-8-17(2)3)24-15-18-6-5-7-19(14-18)16-26-20-9-12-25-13-10-20/h5-7,14,17,20H,4,8-13,15-16H2,1-3H3,(H2,22,23,24). The van der Waals surface area contributed by atoms with Crippen LogP contribution in [0.4, 0.5) is 0 Å². The van der Waals surface area contributed by atoms with Crippen molar-refractivity contribution in [1.29, 1.82) is 0 Å². The Hall–Kier alpha value is -1.59. The number of nitrogens with one attached hydrogen (secondary N) is 2. The Kier molecular flexibility index (Phi) is 9.50. The number of nitrogens with zero attached hydrogens (tertiary/aromatic N) is 1. The van der Waals surface area contributed by atoms with Crippen LogP contribution in [0.3, 0.4) is 0 Å². The van der Waals surface area contributed by atoms with Gasteiger partial charge >= 0.3 is 0 Å². The van der Waals surface area contributed by atoms with E-state index < -0.39 is 0 Å². The molecule has 1 heterocycles. The summed E-state index contributed by atoms with van der Waals surface area (Å²) in [6, 6.07) is 8.53. The van der Waals surface area contributed by atoms with Crippen molar-refractivity contribution >= 4 is 5.96 Å². The third-order valence-corrected chi connectivity index (χ3v) is 4.42. The lowest BCUT2D eigenvalue weighted by molar-refractivity contribution is -0.0390. The van der Waals surface area contributed by atoms with Crippen LogP contribution in [0.25, 0.3) is 0 Å². The average Bonchev–Trinajstić information content (AvgIpc) is 2.65. The molecule has 0 amide bonds. The number of aliphatic imine (C=N–C) groups is 1. The summed E-state index contributed by atoms with van der Waals surface area (Å²) in [5.41, 5.74) is 2.42. The monoisotopic (exact) mass is 361 g/mol. The van der Waals surface area contributed by atoms with Crippen molar-refractivity contribution in [2.24, 2.45) is 10.9 Å². The normalized spacial score (nSPS) is 16.1. The minimum absolute atomic E-state index is 0.330. The van der Waals surface area contributed by atoms with Crippen molar-refractivity contribution in [2.45, 2.75) is 59.3 Å². The molecular formula is C21H35N3O2. The Morgan fingerprint density at radius 3 is 2.73 bits per heavy atom. The van der Waals surface area contributed by atoms with E-state index in [0.717, 1.165) is 51.5 Å². The highest BCUT2D eigenvalue weighted by Crippen LogP contribution is 2.14. The van der Waals surface area contributed by atoms with Crippen LogP contribution in [-0.4, -0.2) is 38.4 Å². The van der Waals surface area contributed by atoms with Gasteiger partial charge in [-0.05, 0) is 43.2 Å². The number of rotatable bonds is 9. The molecule has 2 N–H and O–H groups in total. The van der Waals surface area contributed by atoms with Gasteiger partial charge in [0.1, 0.15) is 0 Å². The van der Waals surface area contributed by atoms with Crippen molar-refractivity contribution in [1.82, 2.24) is 10.6 Å². The lowest BCUT2D eigenvalue weighted by Crippen LogP contribution is -2.38. The summed E-state index contributed by atoms with van der Waals surface area (Å²) in [4.78, 5) is 4.71. The quantitative estimate of drug-likeness (QED) is 0.522. The Bertz CT molecular complexity index is 540. The summed E-state index contributed by atoms with van der Waals surface area (Å²) < 4.78 is 11.4. The highest BCUT2D eigenvalue weighted by Gasteiger charge is 2.14. The van der Waals surface area contributed by atoms with Crippen LogP contribution < -0.4 is 10.6 Å². The number of hydrogen-bond acceptors (Lipinski definition) is 3. The van der Waals surface area contributed by atoms with E-state index in [9.17, 15) is 0 Å². The van der Waals surface area contributed by atoms with Crippen molar-refractivity contribution in [2.75, 3.05) is 26.3 Å². The maximum atomic E-state index is 6.02. The molecule has 0 spiro atoms. The second kappa shape index (κ2) is 11.9. The smallest absolute Gasteiger partial charge is 0.191 e. The molecule has 26 heavy (non-hydrogen) atoms. The largest absolute Gasteiger partial charge is 0.381 e. The van der Waals surface area contributed by atoms with Crippen molar-refractivity contribution in [3.63, 3.8) is 0 Å². The van der Waals surface area contributed by atoms with Crippen molar-refractivity contribution in [3.05, 3.63) is 35.4 Å². The van der Waals surface area contributed by atoms with Gasteiger partial charge in [0.2, 0.25) is 0 Å². The third-order valence-electron chi connectivity index (χ3n) is 4.42. The van der Waals surface area contributed by atoms with Gasteiger partial charge in [0.25, 0.3) is 0 Å². The first-order valence-corrected chi connectivity index (χ1v) is 9.96. The lowest BCUT2D eigenvalue weighted by atomic mass is 10.1. The second-order valence-corrected chi connectivity index (χ2v) is 7.25. The van der Waals surface area contributed by atoms with Gasteiger partial charge in [-0.2, -0.15) is 0 Å². The zero-order valence-corrected chi connectivity index (χ0v) is 16.6. The second-order valence-electron chi connectivity index (χ2n) is 7.25. The van der Waals surface area contributed by atoms with Crippen LogP contribution in [0.5, 0.6) is 0 Å². The van der Waals surface area contributed by atoms with E-state index in [1.165, 1.54) is 11.1 Å². The first-order chi connectivity index (χ1) is 12.7. The van der Waals surface area contributed by atoms with Crippen LogP contribution in [0, 0.1) is 5.92 Å². The molecule has 0 radical (unpaired) electrons. The van der Waals surface area contributed by atoms with E-state index in [2.05, 4.69) is 55.7 Å². The zero-order chi connectivity index (χ0) is 18.6. The van der Waals surface area contributed by atoms with Gasteiger partial charge in [0.15, 0.2) is 5.96 Å². The van der Waals surface area contributed by atoms with E-state index in [1.54, 1.807) is 0 Å². The molecule has 1 aromatic carbocycles. The van der Waals surface area contributed by atoms with Crippen LogP contribution in [0.2, 0.25) is 0 Å². The molecule has 0 bridgehead atoms. The van der Waals surface area contributed by atoms with Crippen molar-refractivity contribution in [3.8, 4) is 0 Å². The molecule has 0 unspecified atom stereocenters. The predicted octanol–water partition coefficient (Wildman–Crippen LogP) is 3.48. The Balaban J connectivity index is 1.84. The zero-order valence-electron chi connectivity index (χ0n) is 16.6. The van der Waals surface area contributed by atoms with Crippen molar-refractivity contribution < 1.29 is 9.47 Å². The van der Waals surface area contributed by atoms with Gasteiger partial charge in [-0.25, -0.2) is 4.99 Å². The fraction of sp³-hybridized carbons (Fsp3) is 0.667. The first kappa shape index (κ1) is 20.7. The molecule has 5 heteroatoms. The molecular weight excluding hydrogens is 326 g/mol. The fourth-order valence-electron chi connectivity index (χ4n) is 2.87. The molecule has 0 saturated carbocycles. The molecule has 1 aliphatic heterocycles. The topological polar surface area (TPSA) is 54.9 Å². The Morgan fingerprint density at radius 2 is 2.00 bits per heavy atom. The molecule has 1 aromatic rings. The third kappa shape index (κ3) is 8.19. The molecule has 146 valence electrons. The van der Waals surface area contributed by atoms with Crippen LogP contribution in [0.1, 0.15) is 51.2 Å². The van der Waals surface area contributed by atoms with E-state index >= 15 is 0 Å². The summed E-state index contributed by atoms with van der Waals surface area (Å²) in [5.74, 6) is 1.58. The fourth-order valence-corrected chi connectivity index (χ4v) is 2.87. The number of guanidine groups is 1. The molecule has 5 nitrogen and oxygen atoms in total. The Morgan fingerprint density at radius 1 is 1.23 bits per heavy atom. The summed E-state index contributed by atoms with van der Waals surface area (Å²) >= 11 is 0. The average molecular weight is 362 g/mol. The molecule has 2 rings (SSSR count). The highest BCUT2D eigenvalue weighted by molar-refractivity contribution is 5.79. The summed E-state index contributed by atoms with van der Waals surface area (Å²) in [7, 11) is 0. The number of hydrogen-bond donors (Lipinski definition) is 2. The lowest BCUT2D eigenvalue weighted by Gasteiger charge is -2.22. The van der Waals surface area contributed by atoms with E-state index in [0.29, 0.717) is 25.2 Å². The van der Waals surface area contributed by atoms with Crippen LogP contribution in [-0.2, 0) is 22.6 Å². The van der Waals surface area contributed by atoms with E-state index in [-0.39, 0.29) is 0 Å². The number of ether oxygens (including phenoxy) is 2. The highest BCUT2D eigenvalue weighted by atomic mass is 16.5. The van der Waals surface area contributed by atoms with Gasteiger partial charge < -0.3 is 20.1 Å². The van der Waals surface area contributed by atoms with Gasteiger partial charge in [0, 0.05) is 26.3 Å². The maximum absolute atomic E-state index is 6.02. The van der Waals surface area contributed by atoms with Gasteiger partial charge in [0.05, 0.1) is 19.3 Å². The molecule has 1 fully saturated rings. The summed E-state index contributed by atoms with van der Waals surface area (Å²) in [6.45, 7) is 11.3. The molecule has 0 atom stereocenters.